The summed E-state index contributed by atoms with van der Waals surface area (Å²) in [5, 5.41) is 0. The third-order valence-corrected chi connectivity index (χ3v) is 2.62. The summed E-state index contributed by atoms with van der Waals surface area (Å²) in [7, 11) is 0. The molecular formula is C16H16O3. The van der Waals surface area contributed by atoms with Crippen LogP contribution in [0.4, 0.5) is 0 Å². The van der Waals surface area contributed by atoms with Crippen LogP contribution in [0.25, 0.3) is 11.1 Å². The summed E-state index contributed by atoms with van der Waals surface area (Å²) in [5.74, 6) is 0.481. The van der Waals surface area contributed by atoms with Crippen LogP contribution >= 0.6 is 0 Å². The summed E-state index contributed by atoms with van der Waals surface area (Å²) < 4.78 is 10.3. The molecule has 0 heterocycles. The fourth-order valence-corrected chi connectivity index (χ4v) is 1.72. The van der Waals surface area contributed by atoms with E-state index in [0.29, 0.717) is 6.61 Å². The summed E-state index contributed by atoms with van der Waals surface area (Å²) in [6.07, 6.45) is 0. The van der Waals surface area contributed by atoms with Crippen molar-refractivity contribution in [1.29, 1.82) is 0 Å². The van der Waals surface area contributed by atoms with Crippen molar-refractivity contribution in [2.24, 2.45) is 0 Å². The van der Waals surface area contributed by atoms with Crippen molar-refractivity contribution in [3.05, 3.63) is 54.6 Å². The molecule has 2 aromatic rings. The topological polar surface area (TPSA) is 35.5 Å². The maximum Gasteiger partial charge on any atom is 0.302 e. The lowest BCUT2D eigenvalue weighted by atomic mass is 10.1. The second-order valence-electron chi connectivity index (χ2n) is 4.08. The van der Waals surface area contributed by atoms with Gasteiger partial charge in [-0.25, -0.2) is 0 Å². The first kappa shape index (κ1) is 13.1. The Hall–Kier alpha value is -2.29. The standard InChI is InChI=1S/C16H16O3/c1-13(17)18-11-12-19-16-9-7-15(8-10-16)14-5-3-2-4-6-14/h2-10H,11-12H2,1H3. The van der Waals surface area contributed by atoms with Crippen LogP contribution in [-0.4, -0.2) is 19.2 Å². The molecule has 0 aliphatic carbocycles. The van der Waals surface area contributed by atoms with E-state index in [1.165, 1.54) is 12.5 Å². The first-order chi connectivity index (χ1) is 9.25. The molecule has 0 fully saturated rings. The van der Waals surface area contributed by atoms with Gasteiger partial charge in [-0.2, -0.15) is 0 Å². The fraction of sp³-hybridized carbons (Fsp3) is 0.188. The van der Waals surface area contributed by atoms with Crippen molar-refractivity contribution in [1.82, 2.24) is 0 Å². The van der Waals surface area contributed by atoms with Crippen molar-refractivity contribution < 1.29 is 14.3 Å². The highest BCUT2D eigenvalue weighted by Crippen LogP contribution is 2.21. The number of carbonyl (C=O) groups is 1. The molecule has 2 rings (SSSR count). The van der Waals surface area contributed by atoms with Gasteiger partial charge in [0.1, 0.15) is 19.0 Å². The van der Waals surface area contributed by atoms with Crippen molar-refractivity contribution in [3.63, 3.8) is 0 Å². The molecule has 0 aliphatic rings. The molecule has 0 N–H and O–H groups in total. The molecule has 0 radical (unpaired) electrons. The number of rotatable bonds is 5. The van der Waals surface area contributed by atoms with Gasteiger partial charge in [0.2, 0.25) is 0 Å². The number of ether oxygens (including phenoxy) is 2. The molecule has 98 valence electrons. The van der Waals surface area contributed by atoms with Gasteiger partial charge in [-0.15, -0.1) is 0 Å². The van der Waals surface area contributed by atoms with E-state index in [1.54, 1.807) is 0 Å². The Morgan fingerprint density at radius 3 is 2.16 bits per heavy atom. The van der Waals surface area contributed by atoms with E-state index in [4.69, 9.17) is 9.47 Å². The smallest absolute Gasteiger partial charge is 0.302 e. The van der Waals surface area contributed by atoms with Crippen molar-refractivity contribution in [2.75, 3.05) is 13.2 Å². The van der Waals surface area contributed by atoms with Gasteiger partial charge in [-0.05, 0) is 23.3 Å². The zero-order chi connectivity index (χ0) is 13.5. The molecule has 0 saturated carbocycles. The molecular weight excluding hydrogens is 240 g/mol. The van der Waals surface area contributed by atoms with Crippen LogP contribution in [0.5, 0.6) is 5.75 Å². The zero-order valence-corrected chi connectivity index (χ0v) is 10.8. The molecule has 2 aromatic carbocycles. The average molecular weight is 256 g/mol. The fourth-order valence-electron chi connectivity index (χ4n) is 1.72. The predicted octanol–water partition coefficient (Wildman–Crippen LogP) is 3.30. The van der Waals surface area contributed by atoms with Gasteiger partial charge in [0.25, 0.3) is 0 Å². The van der Waals surface area contributed by atoms with E-state index in [2.05, 4.69) is 12.1 Å². The molecule has 19 heavy (non-hydrogen) atoms. The largest absolute Gasteiger partial charge is 0.490 e. The molecule has 0 aliphatic heterocycles. The first-order valence-electron chi connectivity index (χ1n) is 6.17. The van der Waals surface area contributed by atoms with Crippen LogP contribution in [0.1, 0.15) is 6.92 Å². The minimum Gasteiger partial charge on any atom is -0.490 e. The minimum absolute atomic E-state index is 0.274. The molecule has 3 heteroatoms. The van der Waals surface area contributed by atoms with Gasteiger partial charge in [0, 0.05) is 6.92 Å². The number of hydrogen-bond acceptors (Lipinski definition) is 3. The van der Waals surface area contributed by atoms with Gasteiger partial charge in [0.05, 0.1) is 0 Å². The maximum atomic E-state index is 10.6. The van der Waals surface area contributed by atoms with Gasteiger partial charge >= 0.3 is 5.97 Å². The van der Waals surface area contributed by atoms with Crippen molar-refractivity contribution >= 4 is 5.97 Å². The lowest BCUT2D eigenvalue weighted by Gasteiger charge is -2.07. The van der Waals surface area contributed by atoms with Crippen LogP contribution in [0.3, 0.4) is 0 Å². The molecule has 0 spiro atoms. The van der Waals surface area contributed by atoms with Crippen LogP contribution in [0, 0.1) is 0 Å². The zero-order valence-electron chi connectivity index (χ0n) is 10.8. The monoisotopic (exact) mass is 256 g/mol. The van der Waals surface area contributed by atoms with E-state index < -0.39 is 0 Å². The molecule has 0 bridgehead atoms. The van der Waals surface area contributed by atoms with Crippen LogP contribution in [-0.2, 0) is 9.53 Å². The van der Waals surface area contributed by atoms with Gasteiger partial charge in [0.15, 0.2) is 0 Å². The highest BCUT2D eigenvalue weighted by molar-refractivity contribution is 5.66. The van der Waals surface area contributed by atoms with Gasteiger partial charge < -0.3 is 9.47 Å². The van der Waals surface area contributed by atoms with Gasteiger partial charge in [-0.3, -0.25) is 4.79 Å². The minimum atomic E-state index is -0.289. The van der Waals surface area contributed by atoms with Crippen LogP contribution in [0.2, 0.25) is 0 Å². The highest BCUT2D eigenvalue weighted by Gasteiger charge is 1.98. The molecule has 0 amide bonds. The molecule has 0 saturated heterocycles. The summed E-state index contributed by atoms with van der Waals surface area (Å²) >= 11 is 0. The lowest BCUT2D eigenvalue weighted by Crippen LogP contribution is -2.09. The number of carbonyl (C=O) groups excluding carboxylic acids is 1. The van der Waals surface area contributed by atoms with E-state index in [9.17, 15) is 4.79 Å². The Labute approximate surface area is 112 Å². The Morgan fingerprint density at radius 2 is 1.53 bits per heavy atom. The second kappa shape index (κ2) is 6.59. The maximum absolute atomic E-state index is 10.6. The quantitative estimate of drug-likeness (QED) is 0.608. The molecule has 0 aromatic heterocycles. The Balaban J connectivity index is 1.90. The SMILES string of the molecule is CC(=O)OCCOc1ccc(-c2ccccc2)cc1. The molecule has 0 unspecified atom stereocenters. The number of benzene rings is 2. The lowest BCUT2D eigenvalue weighted by molar-refractivity contribution is -0.141. The summed E-state index contributed by atoms with van der Waals surface area (Å²) in [5.41, 5.74) is 2.32. The third kappa shape index (κ3) is 4.14. The molecule has 0 atom stereocenters. The summed E-state index contributed by atoms with van der Waals surface area (Å²) in [4.78, 5) is 10.6. The average Bonchev–Trinajstić information content (AvgIpc) is 2.45. The summed E-state index contributed by atoms with van der Waals surface area (Å²) in [6.45, 7) is 2.02. The Kier molecular flexibility index (Phi) is 4.56. The van der Waals surface area contributed by atoms with E-state index in [-0.39, 0.29) is 12.6 Å². The van der Waals surface area contributed by atoms with Crippen molar-refractivity contribution in [2.45, 2.75) is 6.92 Å². The number of esters is 1. The Morgan fingerprint density at radius 1 is 0.895 bits per heavy atom. The normalized spacial score (nSPS) is 9.95. The van der Waals surface area contributed by atoms with Crippen molar-refractivity contribution in [3.8, 4) is 16.9 Å². The van der Waals surface area contributed by atoms with Crippen LogP contribution in [0.15, 0.2) is 54.6 Å². The first-order valence-corrected chi connectivity index (χ1v) is 6.17. The Bertz CT molecular complexity index is 517. The van der Waals surface area contributed by atoms with Crippen LogP contribution < -0.4 is 4.74 Å². The third-order valence-electron chi connectivity index (χ3n) is 2.62. The van der Waals surface area contributed by atoms with Gasteiger partial charge in [-0.1, -0.05) is 42.5 Å². The van der Waals surface area contributed by atoms with E-state index in [1.807, 2.05) is 42.5 Å². The van der Waals surface area contributed by atoms with E-state index >= 15 is 0 Å². The predicted molar refractivity (Wildman–Crippen MR) is 74.0 cm³/mol. The molecule has 3 nitrogen and oxygen atoms in total. The highest BCUT2D eigenvalue weighted by atomic mass is 16.6. The summed E-state index contributed by atoms with van der Waals surface area (Å²) in [6, 6.07) is 18.0. The van der Waals surface area contributed by atoms with E-state index in [0.717, 1.165) is 11.3 Å². The second-order valence-corrected chi connectivity index (χ2v) is 4.08. The number of hydrogen-bond donors (Lipinski definition) is 0.